The second-order valence-electron chi connectivity index (χ2n) is 7.35. The average molecular weight is 322 g/mol. The highest BCUT2D eigenvalue weighted by Crippen LogP contribution is 2.19. The Morgan fingerprint density at radius 1 is 1.30 bits per heavy atom. The quantitative estimate of drug-likeness (QED) is 0.745. The van der Waals surface area contributed by atoms with Gasteiger partial charge in [0.15, 0.2) is 0 Å². The van der Waals surface area contributed by atoms with Gasteiger partial charge in [-0.2, -0.15) is 0 Å². The molecule has 0 aromatic carbocycles. The molecule has 1 aromatic heterocycles. The summed E-state index contributed by atoms with van der Waals surface area (Å²) in [6.45, 7) is 8.39. The third-order valence-electron chi connectivity index (χ3n) is 4.18. The first kappa shape index (κ1) is 17.8. The summed E-state index contributed by atoms with van der Waals surface area (Å²) in [7, 11) is 0. The molecule has 2 atom stereocenters. The number of aromatic nitrogens is 2. The number of aromatic amines is 1. The van der Waals surface area contributed by atoms with E-state index in [2.05, 4.69) is 20.6 Å². The molecule has 0 saturated heterocycles. The molecule has 0 bridgehead atoms. The Labute approximate surface area is 138 Å². The Kier molecular flexibility index (Phi) is 6.04. The molecule has 23 heavy (non-hydrogen) atoms. The lowest BCUT2D eigenvalue weighted by Crippen LogP contribution is -2.50. The Hall–Kier alpha value is -1.56. The van der Waals surface area contributed by atoms with E-state index in [-0.39, 0.29) is 18.2 Å². The fraction of sp³-hybridized carbons (Fsp3) is 0.765. The number of nitrogens with one attached hydrogen (secondary N) is 3. The van der Waals surface area contributed by atoms with Crippen LogP contribution in [0.4, 0.5) is 4.79 Å². The zero-order valence-corrected chi connectivity index (χ0v) is 14.7. The molecule has 130 valence electrons. The zero-order chi connectivity index (χ0) is 16.9. The smallest absolute Gasteiger partial charge is 0.407 e. The van der Waals surface area contributed by atoms with Gasteiger partial charge in [-0.1, -0.05) is 19.3 Å². The highest BCUT2D eigenvalue weighted by atomic mass is 16.6. The molecular weight excluding hydrogens is 292 g/mol. The van der Waals surface area contributed by atoms with Crippen molar-refractivity contribution in [3.05, 3.63) is 17.7 Å². The molecule has 1 aromatic rings. The van der Waals surface area contributed by atoms with Gasteiger partial charge in [-0.3, -0.25) is 0 Å². The first-order chi connectivity index (χ1) is 10.8. The van der Waals surface area contributed by atoms with Crippen LogP contribution in [-0.2, 0) is 11.3 Å². The molecule has 0 radical (unpaired) electrons. The predicted molar refractivity (Wildman–Crippen MR) is 90.2 cm³/mol. The highest BCUT2D eigenvalue weighted by molar-refractivity contribution is 5.68. The second kappa shape index (κ2) is 7.81. The van der Waals surface area contributed by atoms with E-state index in [9.17, 15) is 4.79 Å². The number of ether oxygens (including phenoxy) is 1. The molecule has 1 fully saturated rings. The second-order valence-corrected chi connectivity index (χ2v) is 7.35. The summed E-state index contributed by atoms with van der Waals surface area (Å²) in [6, 6.07) is 0.354. The number of aryl methyl sites for hydroxylation is 1. The lowest BCUT2D eigenvalue weighted by atomic mass is 10.0. The van der Waals surface area contributed by atoms with Crippen LogP contribution in [0.2, 0.25) is 0 Å². The molecule has 0 aliphatic heterocycles. The Bertz CT molecular complexity index is 507. The van der Waals surface area contributed by atoms with Crippen molar-refractivity contribution in [1.29, 1.82) is 0 Å². The lowest BCUT2D eigenvalue weighted by Gasteiger charge is -2.28. The normalized spacial score (nSPS) is 22.4. The Balaban J connectivity index is 1.93. The molecule has 2 rings (SSSR count). The third kappa shape index (κ3) is 5.86. The van der Waals surface area contributed by atoms with Gasteiger partial charge in [0.25, 0.3) is 0 Å². The third-order valence-corrected chi connectivity index (χ3v) is 4.18. The maximum atomic E-state index is 12.1. The minimum atomic E-state index is -0.468. The Morgan fingerprint density at radius 3 is 2.61 bits per heavy atom. The summed E-state index contributed by atoms with van der Waals surface area (Å²) < 4.78 is 5.40. The molecule has 1 heterocycles. The molecule has 1 saturated carbocycles. The number of carbonyl (C=O) groups excluding carboxylic acids is 1. The number of carbonyl (C=O) groups is 1. The van der Waals surface area contributed by atoms with Gasteiger partial charge in [-0.25, -0.2) is 9.78 Å². The van der Waals surface area contributed by atoms with Gasteiger partial charge in [0.05, 0.1) is 12.0 Å². The summed E-state index contributed by atoms with van der Waals surface area (Å²) >= 11 is 0. The van der Waals surface area contributed by atoms with Gasteiger partial charge < -0.3 is 20.4 Å². The minimum absolute atomic E-state index is 0.103. The first-order valence-corrected chi connectivity index (χ1v) is 8.57. The summed E-state index contributed by atoms with van der Waals surface area (Å²) in [5.41, 5.74) is 1.65. The van der Waals surface area contributed by atoms with Crippen LogP contribution in [0, 0.1) is 6.92 Å². The number of amides is 1. The SMILES string of the molecule is Cc1[nH]cnc1CNC1CCCCCC1NC(=O)OC(C)(C)C. The van der Waals surface area contributed by atoms with Crippen LogP contribution in [0.25, 0.3) is 0 Å². The van der Waals surface area contributed by atoms with Gasteiger partial charge in [0.1, 0.15) is 5.60 Å². The number of rotatable bonds is 4. The van der Waals surface area contributed by atoms with Gasteiger partial charge in [0, 0.05) is 24.3 Å². The molecule has 6 nitrogen and oxygen atoms in total. The molecule has 0 spiro atoms. The Morgan fingerprint density at radius 2 is 2.00 bits per heavy atom. The van der Waals surface area contributed by atoms with Crippen molar-refractivity contribution in [2.45, 2.75) is 84.0 Å². The van der Waals surface area contributed by atoms with E-state index >= 15 is 0 Å². The van der Waals surface area contributed by atoms with E-state index in [0.717, 1.165) is 30.7 Å². The molecule has 1 aliphatic rings. The van der Waals surface area contributed by atoms with Crippen LogP contribution >= 0.6 is 0 Å². The van der Waals surface area contributed by atoms with Gasteiger partial charge in [0.2, 0.25) is 0 Å². The van der Waals surface area contributed by atoms with Crippen LogP contribution in [0.5, 0.6) is 0 Å². The average Bonchev–Trinajstić information content (AvgIpc) is 2.71. The topological polar surface area (TPSA) is 79.0 Å². The molecule has 2 unspecified atom stereocenters. The van der Waals surface area contributed by atoms with Crippen LogP contribution in [0.15, 0.2) is 6.33 Å². The highest BCUT2D eigenvalue weighted by Gasteiger charge is 2.27. The zero-order valence-electron chi connectivity index (χ0n) is 14.7. The van der Waals surface area contributed by atoms with E-state index in [1.54, 1.807) is 6.33 Å². The monoisotopic (exact) mass is 322 g/mol. The number of alkyl carbamates (subject to hydrolysis) is 1. The van der Waals surface area contributed by atoms with Gasteiger partial charge in [-0.05, 0) is 40.5 Å². The van der Waals surface area contributed by atoms with Crippen LogP contribution in [-0.4, -0.2) is 33.7 Å². The fourth-order valence-electron chi connectivity index (χ4n) is 2.98. The maximum absolute atomic E-state index is 12.1. The van der Waals surface area contributed by atoms with E-state index < -0.39 is 5.60 Å². The van der Waals surface area contributed by atoms with Crippen molar-refractivity contribution in [1.82, 2.24) is 20.6 Å². The largest absolute Gasteiger partial charge is 0.444 e. The fourth-order valence-corrected chi connectivity index (χ4v) is 2.98. The predicted octanol–water partition coefficient (Wildman–Crippen LogP) is 3.03. The van der Waals surface area contributed by atoms with E-state index in [1.807, 2.05) is 27.7 Å². The van der Waals surface area contributed by atoms with E-state index in [4.69, 9.17) is 4.74 Å². The van der Waals surface area contributed by atoms with Gasteiger partial charge >= 0.3 is 6.09 Å². The van der Waals surface area contributed by atoms with Crippen molar-refractivity contribution in [3.63, 3.8) is 0 Å². The van der Waals surface area contributed by atoms with Crippen molar-refractivity contribution >= 4 is 6.09 Å². The van der Waals surface area contributed by atoms with Crippen molar-refractivity contribution < 1.29 is 9.53 Å². The van der Waals surface area contributed by atoms with Gasteiger partial charge in [-0.15, -0.1) is 0 Å². The van der Waals surface area contributed by atoms with Crippen LogP contribution in [0.3, 0.4) is 0 Å². The van der Waals surface area contributed by atoms with Crippen LogP contribution in [0.1, 0.15) is 64.3 Å². The maximum Gasteiger partial charge on any atom is 0.407 e. The van der Waals surface area contributed by atoms with E-state index in [1.165, 1.54) is 12.8 Å². The molecule has 6 heteroatoms. The standard InChI is InChI=1S/C17H30N4O2/c1-12-15(20-11-19-12)10-18-13-8-6-5-7-9-14(13)21-16(22)23-17(2,3)4/h11,13-14,18H,5-10H2,1-4H3,(H,19,20)(H,21,22). The number of imidazole rings is 1. The molecular formula is C17H30N4O2. The summed E-state index contributed by atoms with van der Waals surface area (Å²) in [5, 5.41) is 6.63. The lowest BCUT2D eigenvalue weighted by molar-refractivity contribution is 0.0489. The van der Waals surface area contributed by atoms with Crippen molar-refractivity contribution in [2.24, 2.45) is 0 Å². The summed E-state index contributed by atoms with van der Waals surface area (Å²) in [6.07, 6.45) is 6.97. The first-order valence-electron chi connectivity index (χ1n) is 8.57. The number of nitrogens with zero attached hydrogens (tertiary/aromatic N) is 1. The number of hydrogen-bond acceptors (Lipinski definition) is 4. The molecule has 1 aliphatic carbocycles. The summed E-state index contributed by atoms with van der Waals surface area (Å²) in [5.74, 6) is 0. The number of H-pyrrole nitrogens is 1. The van der Waals surface area contributed by atoms with Crippen LogP contribution < -0.4 is 10.6 Å². The van der Waals surface area contributed by atoms with Crippen molar-refractivity contribution in [2.75, 3.05) is 0 Å². The minimum Gasteiger partial charge on any atom is -0.444 e. The summed E-state index contributed by atoms with van der Waals surface area (Å²) in [4.78, 5) is 19.5. The van der Waals surface area contributed by atoms with E-state index in [0.29, 0.717) is 6.54 Å². The molecule has 1 amide bonds. The van der Waals surface area contributed by atoms with Crippen molar-refractivity contribution in [3.8, 4) is 0 Å². The molecule has 3 N–H and O–H groups in total. The number of hydrogen-bond donors (Lipinski definition) is 3.